The van der Waals surface area contributed by atoms with Crippen LogP contribution in [-0.4, -0.2) is 33.4 Å². The molecule has 138 valence electrons. The number of aromatic nitrogens is 4. The van der Waals surface area contributed by atoms with E-state index in [2.05, 4.69) is 53.3 Å². The number of likely N-dealkylation sites (N-methyl/N-ethyl adjacent to an activating group) is 1. The third kappa shape index (κ3) is 4.54. The Hall–Kier alpha value is -2.54. The second kappa shape index (κ2) is 7.37. The first-order valence-corrected chi connectivity index (χ1v) is 8.77. The molecule has 3 rings (SSSR count). The van der Waals surface area contributed by atoms with Crippen LogP contribution in [-0.2, 0) is 12.8 Å². The largest absolute Gasteiger partial charge is 0.339 e. The molecule has 0 amide bonds. The molecule has 0 saturated heterocycles. The molecule has 2 heterocycles. The molecular weight excluding hydrogens is 330 g/mol. The highest BCUT2D eigenvalue weighted by Crippen LogP contribution is 2.24. The van der Waals surface area contributed by atoms with E-state index < -0.39 is 0 Å². The van der Waals surface area contributed by atoms with Gasteiger partial charge in [0, 0.05) is 30.0 Å². The van der Waals surface area contributed by atoms with Crippen LogP contribution in [0.2, 0.25) is 0 Å². The summed E-state index contributed by atoms with van der Waals surface area (Å²) in [5.74, 6) is 2.44. The van der Waals surface area contributed by atoms with E-state index in [0.717, 1.165) is 24.0 Å². The quantitative estimate of drug-likeness (QED) is 0.723. The molecule has 0 aliphatic heterocycles. The average Bonchev–Trinajstić information content (AvgIpc) is 3.23. The lowest BCUT2D eigenvalue weighted by molar-refractivity contribution is 0.314. The van der Waals surface area contributed by atoms with Gasteiger partial charge in [0.25, 0.3) is 5.89 Å². The van der Waals surface area contributed by atoms with Crippen molar-refractivity contribution >= 4 is 0 Å². The van der Waals surface area contributed by atoms with Crippen LogP contribution in [0.25, 0.3) is 22.8 Å². The van der Waals surface area contributed by atoms with Gasteiger partial charge in [-0.25, -0.2) is 0 Å². The van der Waals surface area contributed by atoms with Crippen LogP contribution in [0.4, 0.5) is 0 Å². The lowest BCUT2D eigenvalue weighted by Crippen LogP contribution is -2.24. The second-order valence-electron chi connectivity index (χ2n) is 7.74. The number of hydrogen-bond donors (Lipinski definition) is 1. The van der Waals surface area contributed by atoms with E-state index in [-0.39, 0.29) is 5.41 Å². The Labute approximate surface area is 153 Å². The van der Waals surface area contributed by atoms with Crippen molar-refractivity contribution in [3.8, 4) is 22.8 Å². The van der Waals surface area contributed by atoms with Crippen LogP contribution < -0.4 is 5.32 Å². The average molecular weight is 355 g/mol. The van der Waals surface area contributed by atoms with Crippen molar-refractivity contribution in [3.63, 3.8) is 0 Å². The van der Waals surface area contributed by atoms with Gasteiger partial charge in [-0.2, -0.15) is 9.97 Å². The van der Waals surface area contributed by atoms with E-state index in [4.69, 9.17) is 9.05 Å². The van der Waals surface area contributed by atoms with Crippen LogP contribution in [0, 0.1) is 5.41 Å². The van der Waals surface area contributed by atoms with Crippen molar-refractivity contribution in [2.24, 2.45) is 5.41 Å². The van der Waals surface area contributed by atoms with Gasteiger partial charge in [0.1, 0.15) is 0 Å². The summed E-state index contributed by atoms with van der Waals surface area (Å²) < 4.78 is 10.7. The number of nitrogens with one attached hydrogen (secondary N) is 1. The summed E-state index contributed by atoms with van der Waals surface area (Å²) in [7, 11) is 1.91. The number of benzene rings is 1. The monoisotopic (exact) mass is 355 g/mol. The molecular formula is C19H25N5O2. The maximum absolute atomic E-state index is 5.36. The molecule has 0 aliphatic carbocycles. The Balaban J connectivity index is 1.73. The van der Waals surface area contributed by atoms with E-state index >= 15 is 0 Å². The fraction of sp³-hybridized carbons (Fsp3) is 0.474. The van der Waals surface area contributed by atoms with Gasteiger partial charge < -0.3 is 14.4 Å². The molecule has 0 fully saturated rings. The summed E-state index contributed by atoms with van der Waals surface area (Å²) >= 11 is 0. The molecule has 1 atom stereocenters. The molecule has 1 N–H and O–H groups in total. The Morgan fingerprint density at radius 3 is 2.35 bits per heavy atom. The van der Waals surface area contributed by atoms with Crippen molar-refractivity contribution in [2.45, 2.75) is 46.6 Å². The van der Waals surface area contributed by atoms with Crippen LogP contribution in [0.3, 0.4) is 0 Å². The zero-order valence-electron chi connectivity index (χ0n) is 15.9. The Bertz CT molecular complexity index is 845. The predicted octanol–water partition coefficient (Wildman–Crippen LogP) is 3.53. The van der Waals surface area contributed by atoms with E-state index in [1.807, 2.05) is 31.3 Å². The van der Waals surface area contributed by atoms with Gasteiger partial charge in [0.2, 0.25) is 11.7 Å². The Morgan fingerprint density at radius 1 is 1.00 bits per heavy atom. The molecule has 3 aromatic rings. The van der Waals surface area contributed by atoms with Crippen molar-refractivity contribution in [2.75, 3.05) is 7.05 Å². The number of hydrogen-bond acceptors (Lipinski definition) is 7. The van der Waals surface area contributed by atoms with Gasteiger partial charge in [0.05, 0.1) is 0 Å². The van der Waals surface area contributed by atoms with Gasteiger partial charge in [-0.1, -0.05) is 43.2 Å². The van der Waals surface area contributed by atoms with Gasteiger partial charge in [-0.05, 0) is 31.5 Å². The van der Waals surface area contributed by atoms with Crippen molar-refractivity contribution in [3.05, 3.63) is 36.0 Å². The highest BCUT2D eigenvalue weighted by Gasteiger charge is 2.17. The summed E-state index contributed by atoms with van der Waals surface area (Å²) in [5.41, 5.74) is 1.86. The second-order valence-corrected chi connectivity index (χ2v) is 7.74. The number of nitrogens with zero attached hydrogens (tertiary/aromatic N) is 4. The van der Waals surface area contributed by atoms with Gasteiger partial charge in [-0.15, -0.1) is 0 Å². The third-order valence-electron chi connectivity index (χ3n) is 3.99. The SMILES string of the molecule is CNC(C)Cc1noc(-c2ccc(-c3noc(CC(C)(C)C)n3)cc2)n1. The van der Waals surface area contributed by atoms with Gasteiger partial charge in [-0.3, -0.25) is 0 Å². The van der Waals surface area contributed by atoms with E-state index in [9.17, 15) is 0 Å². The third-order valence-corrected chi connectivity index (χ3v) is 3.99. The minimum Gasteiger partial charge on any atom is -0.339 e. The smallest absolute Gasteiger partial charge is 0.257 e. The van der Waals surface area contributed by atoms with E-state index in [1.165, 1.54) is 0 Å². The molecule has 0 bridgehead atoms. The fourth-order valence-corrected chi connectivity index (χ4v) is 2.49. The summed E-state index contributed by atoms with van der Waals surface area (Å²) in [6, 6.07) is 8.01. The van der Waals surface area contributed by atoms with Crippen LogP contribution in [0.1, 0.15) is 39.4 Å². The van der Waals surface area contributed by atoms with Crippen LogP contribution >= 0.6 is 0 Å². The maximum atomic E-state index is 5.36. The van der Waals surface area contributed by atoms with Gasteiger partial charge in [0.15, 0.2) is 5.82 Å². The lowest BCUT2D eigenvalue weighted by atomic mass is 9.92. The van der Waals surface area contributed by atoms with Crippen molar-refractivity contribution in [1.82, 2.24) is 25.6 Å². The first-order valence-electron chi connectivity index (χ1n) is 8.77. The molecule has 0 radical (unpaired) electrons. The molecule has 2 aromatic heterocycles. The molecule has 0 saturated carbocycles. The zero-order chi connectivity index (χ0) is 18.7. The predicted molar refractivity (Wildman–Crippen MR) is 98.4 cm³/mol. The van der Waals surface area contributed by atoms with Crippen LogP contribution in [0.5, 0.6) is 0 Å². The Morgan fingerprint density at radius 2 is 1.69 bits per heavy atom. The highest BCUT2D eigenvalue weighted by atomic mass is 16.5. The van der Waals surface area contributed by atoms with Crippen molar-refractivity contribution in [1.29, 1.82) is 0 Å². The number of rotatable bonds is 6. The minimum absolute atomic E-state index is 0.105. The molecule has 7 nitrogen and oxygen atoms in total. The first-order chi connectivity index (χ1) is 12.3. The van der Waals surface area contributed by atoms with E-state index in [1.54, 1.807) is 0 Å². The molecule has 0 aliphatic rings. The highest BCUT2D eigenvalue weighted by molar-refractivity contribution is 5.61. The topological polar surface area (TPSA) is 89.9 Å². The van der Waals surface area contributed by atoms with Crippen LogP contribution in [0.15, 0.2) is 33.3 Å². The summed E-state index contributed by atoms with van der Waals surface area (Å²) in [5, 5.41) is 11.3. The molecule has 7 heteroatoms. The minimum atomic E-state index is 0.105. The van der Waals surface area contributed by atoms with Crippen molar-refractivity contribution < 1.29 is 9.05 Å². The standard InChI is InChI=1S/C19H25N5O2/c1-12(20-5)10-15-21-18(26-23-15)14-8-6-13(7-9-14)17-22-16(25-24-17)11-19(2,3)4/h6-9,12,20H,10-11H2,1-5H3. The molecule has 1 unspecified atom stereocenters. The van der Waals surface area contributed by atoms with E-state index in [0.29, 0.717) is 29.5 Å². The molecule has 0 spiro atoms. The first kappa shape index (κ1) is 18.3. The Kier molecular flexibility index (Phi) is 5.18. The van der Waals surface area contributed by atoms with Gasteiger partial charge >= 0.3 is 0 Å². The summed E-state index contributed by atoms with van der Waals surface area (Å²) in [6.07, 6.45) is 1.46. The lowest BCUT2D eigenvalue weighted by Gasteiger charge is -2.13. The maximum Gasteiger partial charge on any atom is 0.257 e. The fourth-order valence-electron chi connectivity index (χ4n) is 2.49. The normalized spacial score (nSPS) is 13.1. The summed E-state index contributed by atoms with van der Waals surface area (Å²) in [4.78, 5) is 8.93. The zero-order valence-corrected chi connectivity index (χ0v) is 15.9. The summed E-state index contributed by atoms with van der Waals surface area (Å²) in [6.45, 7) is 8.49. The molecule has 1 aromatic carbocycles. The molecule has 26 heavy (non-hydrogen) atoms.